The van der Waals surface area contributed by atoms with E-state index in [2.05, 4.69) is 33.2 Å². The molecule has 1 spiro atoms. The molecule has 1 aromatic carbocycles. The molecule has 4 atom stereocenters. The van der Waals surface area contributed by atoms with Gasteiger partial charge in [-0.2, -0.15) is 10.1 Å². The lowest BCUT2D eigenvalue weighted by Gasteiger charge is -2.18. The van der Waals surface area contributed by atoms with Crippen molar-refractivity contribution in [3.8, 4) is 11.5 Å². The van der Waals surface area contributed by atoms with Crippen molar-refractivity contribution >= 4 is 34.0 Å². The molecule has 2 aliphatic heterocycles. The van der Waals surface area contributed by atoms with Gasteiger partial charge in [-0.3, -0.25) is 9.59 Å². The Morgan fingerprint density at radius 3 is 2.31 bits per heavy atom. The molecule has 1 aromatic rings. The molecule has 0 radical (unpaired) electrons. The zero-order valence-corrected chi connectivity index (χ0v) is 15.3. The number of hydrogen-bond acceptors (Lipinski definition) is 5. The molecule has 132 valence electrons. The van der Waals surface area contributed by atoms with Crippen LogP contribution in [0.25, 0.3) is 0 Å². The fourth-order valence-corrected chi connectivity index (χ4v) is 5.75. The number of imide groups is 1. The monoisotopic (exact) mass is 414 g/mol. The molecule has 1 saturated heterocycles. The third-order valence-corrected chi connectivity index (χ3v) is 7.32. The molecule has 5 aliphatic rings. The first-order valence-corrected chi connectivity index (χ1v) is 9.59. The number of allylic oxidation sites excluding steroid dienone is 2. The smallest absolute Gasteiger partial charge is 0.254 e. The molecule has 2 amide bonds. The fraction of sp³-hybridized carbons (Fsp3) is 0.421. The average molecular weight is 415 g/mol. The molecule has 26 heavy (non-hydrogen) atoms. The first-order chi connectivity index (χ1) is 12.6. The van der Waals surface area contributed by atoms with E-state index in [1.807, 2.05) is 0 Å². The summed E-state index contributed by atoms with van der Waals surface area (Å²) in [5.41, 5.74) is 0.934. The Bertz CT molecular complexity index is 902. The van der Waals surface area contributed by atoms with Gasteiger partial charge in [-0.1, -0.05) is 12.2 Å². The van der Waals surface area contributed by atoms with Crippen molar-refractivity contribution in [2.75, 3.05) is 6.79 Å². The number of carbonyl (C=O) groups excluding carboxylic acids is 2. The van der Waals surface area contributed by atoms with Gasteiger partial charge in [0.05, 0.1) is 18.1 Å². The van der Waals surface area contributed by atoms with Gasteiger partial charge in [0.25, 0.3) is 11.8 Å². The molecular formula is C19H15BrN2O4. The van der Waals surface area contributed by atoms with Crippen molar-refractivity contribution in [3.63, 3.8) is 0 Å². The second kappa shape index (κ2) is 4.76. The maximum Gasteiger partial charge on any atom is 0.254 e. The Morgan fingerprint density at radius 2 is 1.69 bits per heavy atom. The second-order valence-electron chi connectivity index (χ2n) is 7.68. The Kier molecular flexibility index (Phi) is 2.74. The average Bonchev–Trinajstić information content (AvgIpc) is 2.94. The third-order valence-electron chi connectivity index (χ3n) is 6.63. The van der Waals surface area contributed by atoms with Crippen molar-refractivity contribution in [2.24, 2.45) is 34.2 Å². The molecule has 0 aromatic heterocycles. The van der Waals surface area contributed by atoms with Crippen molar-refractivity contribution < 1.29 is 19.1 Å². The van der Waals surface area contributed by atoms with Crippen LogP contribution in [0.15, 0.2) is 33.9 Å². The molecule has 6 nitrogen and oxygen atoms in total. The molecule has 2 bridgehead atoms. The number of nitrogens with zero attached hydrogens (tertiary/aromatic N) is 2. The lowest BCUT2D eigenvalue weighted by atomic mass is 9.85. The predicted molar refractivity (Wildman–Crippen MR) is 94.5 cm³/mol. The number of halogens is 1. The maximum atomic E-state index is 12.9. The second-order valence-corrected chi connectivity index (χ2v) is 8.54. The van der Waals surface area contributed by atoms with E-state index in [0.717, 1.165) is 27.9 Å². The lowest BCUT2D eigenvalue weighted by Crippen LogP contribution is -2.30. The number of amides is 2. The summed E-state index contributed by atoms with van der Waals surface area (Å²) < 4.78 is 11.5. The van der Waals surface area contributed by atoms with E-state index in [1.165, 1.54) is 6.21 Å². The first kappa shape index (κ1) is 15.0. The normalized spacial score (nSPS) is 34.6. The molecule has 3 fully saturated rings. The van der Waals surface area contributed by atoms with E-state index in [9.17, 15) is 9.59 Å². The van der Waals surface area contributed by atoms with Crippen LogP contribution in [-0.4, -0.2) is 29.8 Å². The van der Waals surface area contributed by atoms with Crippen molar-refractivity contribution in [1.82, 2.24) is 5.01 Å². The zero-order valence-electron chi connectivity index (χ0n) is 13.7. The summed E-state index contributed by atoms with van der Waals surface area (Å²) in [5.74, 6) is 0.956. The number of hydrogen-bond donors (Lipinski definition) is 0. The number of ether oxygens (including phenoxy) is 2. The van der Waals surface area contributed by atoms with Gasteiger partial charge in [0, 0.05) is 10.0 Å². The molecule has 2 heterocycles. The van der Waals surface area contributed by atoms with Gasteiger partial charge in [-0.25, -0.2) is 0 Å². The van der Waals surface area contributed by atoms with Gasteiger partial charge in [-0.05, 0) is 58.2 Å². The molecule has 3 aliphatic carbocycles. The number of benzene rings is 1. The van der Waals surface area contributed by atoms with Crippen LogP contribution in [0.5, 0.6) is 11.5 Å². The highest BCUT2D eigenvalue weighted by molar-refractivity contribution is 9.10. The van der Waals surface area contributed by atoms with Gasteiger partial charge in [0.1, 0.15) is 0 Å². The van der Waals surface area contributed by atoms with E-state index in [0.29, 0.717) is 11.5 Å². The minimum Gasteiger partial charge on any atom is -0.454 e. The first-order valence-electron chi connectivity index (χ1n) is 8.79. The van der Waals surface area contributed by atoms with E-state index >= 15 is 0 Å². The molecule has 4 unspecified atom stereocenters. The highest BCUT2D eigenvalue weighted by Crippen LogP contribution is 2.73. The summed E-state index contributed by atoms with van der Waals surface area (Å²) in [5, 5.41) is 5.32. The van der Waals surface area contributed by atoms with Gasteiger partial charge in [0.2, 0.25) is 6.79 Å². The largest absolute Gasteiger partial charge is 0.454 e. The third kappa shape index (κ3) is 1.70. The summed E-state index contributed by atoms with van der Waals surface area (Å²) in [6.45, 7) is 0.187. The van der Waals surface area contributed by atoms with Crippen LogP contribution in [0, 0.1) is 29.1 Å². The molecule has 7 heteroatoms. The Labute approximate surface area is 157 Å². The van der Waals surface area contributed by atoms with Gasteiger partial charge >= 0.3 is 0 Å². The summed E-state index contributed by atoms with van der Waals surface area (Å²) in [6.07, 6.45) is 8.12. The number of rotatable bonds is 2. The van der Waals surface area contributed by atoms with Crippen LogP contribution in [0.2, 0.25) is 0 Å². The van der Waals surface area contributed by atoms with Crippen molar-refractivity contribution in [1.29, 1.82) is 0 Å². The number of hydrazone groups is 1. The van der Waals surface area contributed by atoms with E-state index in [-0.39, 0.29) is 47.7 Å². The zero-order chi connectivity index (χ0) is 17.6. The highest BCUT2D eigenvalue weighted by atomic mass is 79.9. The van der Waals surface area contributed by atoms with Gasteiger partial charge in [-0.15, -0.1) is 0 Å². The Morgan fingerprint density at radius 1 is 1.08 bits per heavy atom. The van der Waals surface area contributed by atoms with Crippen LogP contribution >= 0.6 is 15.9 Å². The lowest BCUT2D eigenvalue weighted by molar-refractivity contribution is -0.141. The number of carbonyl (C=O) groups is 2. The quantitative estimate of drug-likeness (QED) is 0.423. The SMILES string of the molecule is O=C1C2C(C(=O)N1/N=C/c1cc3c(cc1Br)OCO3)C1C=CC2C12CC2. The summed E-state index contributed by atoms with van der Waals surface area (Å²) >= 11 is 3.47. The van der Waals surface area contributed by atoms with E-state index in [1.54, 1.807) is 12.1 Å². The van der Waals surface area contributed by atoms with Crippen LogP contribution < -0.4 is 9.47 Å². The minimum atomic E-state index is -0.225. The van der Waals surface area contributed by atoms with Crippen molar-refractivity contribution in [2.45, 2.75) is 12.8 Å². The van der Waals surface area contributed by atoms with E-state index < -0.39 is 0 Å². The molecular weight excluding hydrogens is 400 g/mol. The van der Waals surface area contributed by atoms with Crippen molar-refractivity contribution in [3.05, 3.63) is 34.3 Å². The van der Waals surface area contributed by atoms with Crippen LogP contribution in [-0.2, 0) is 9.59 Å². The van der Waals surface area contributed by atoms with Gasteiger partial charge in [0.15, 0.2) is 11.5 Å². The predicted octanol–water partition coefficient (Wildman–Crippen LogP) is 2.71. The van der Waals surface area contributed by atoms with Crippen LogP contribution in [0.3, 0.4) is 0 Å². The Balaban J connectivity index is 1.31. The molecule has 0 N–H and O–H groups in total. The Hall–Kier alpha value is -2.15. The topological polar surface area (TPSA) is 68.2 Å². The van der Waals surface area contributed by atoms with E-state index in [4.69, 9.17) is 9.47 Å². The number of fused-ring (bicyclic) bond motifs is 4. The fourth-order valence-electron chi connectivity index (χ4n) is 5.33. The maximum absolute atomic E-state index is 12.9. The molecule has 2 saturated carbocycles. The van der Waals surface area contributed by atoms with Crippen LogP contribution in [0.1, 0.15) is 18.4 Å². The van der Waals surface area contributed by atoms with Gasteiger partial charge < -0.3 is 9.47 Å². The summed E-state index contributed by atoms with van der Waals surface area (Å²) in [6, 6.07) is 3.58. The summed E-state index contributed by atoms with van der Waals surface area (Å²) in [7, 11) is 0. The standard InChI is InChI=1S/C19H15BrN2O4/c20-12-6-14-13(25-8-26-14)5-9(12)7-21-22-17(23)15-10-1-2-11(16(15)18(22)24)19(10)3-4-19/h1-2,5-7,10-11,15-16H,3-4,8H2/b21-7+. The summed E-state index contributed by atoms with van der Waals surface area (Å²) in [4.78, 5) is 25.8. The minimum absolute atomic E-state index is 0.156. The molecule has 6 rings (SSSR count). The van der Waals surface area contributed by atoms with Crippen LogP contribution in [0.4, 0.5) is 0 Å². The highest BCUT2D eigenvalue weighted by Gasteiger charge is 2.73.